The van der Waals surface area contributed by atoms with Crippen LogP contribution in [0.15, 0.2) is 18.2 Å². The lowest BCUT2D eigenvalue weighted by Gasteiger charge is -2.17. The highest BCUT2D eigenvalue weighted by Gasteiger charge is 2.24. The van der Waals surface area contributed by atoms with Gasteiger partial charge in [0, 0.05) is 17.9 Å². The Morgan fingerprint density at radius 3 is 3.05 bits per heavy atom. The molecule has 1 aromatic rings. The molecule has 6 heteroatoms. The molecular formula is C14H18N2O3S. The van der Waals surface area contributed by atoms with E-state index in [2.05, 4.69) is 10.6 Å². The van der Waals surface area contributed by atoms with E-state index >= 15 is 0 Å². The number of carbonyl (C=O) groups excluding carboxylic acids is 2. The first-order chi connectivity index (χ1) is 9.60. The fourth-order valence-corrected chi connectivity index (χ4v) is 2.92. The smallest absolute Gasteiger partial charge is 0.247 e. The minimum atomic E-state index is -0.500. The van der Waals surface area contributed by atoms with Gasteiger partial charge in [0.15, 0.2) is 0 Å². The second kappa shape index (κ2) is 6.65. The minimum Gasteiger partial charge on any atom is -0.495 e. The van der Waals surface area contributed by atoms with Crippen molar-refractivity contribution in [3.8, 4) is 5.75 Å². The maximum atomic E-state index is 12.3. The molecule has 1 atom stereocenters. The zero-order valence-corrected chi connectivity index (χ0v) is 12.4. The highest BCUT2D eigenvalue weighted by Crippen LogP contribution is 2.25. The molecule has 5 nitrogen and oxygen atoms in total. The first kappa shape index (κ1) is 14.7. The lowest BCUT2D eigenvalue weighted by atomic mass is 10.2. The SMILES string of the molecule is COc1ccc(C)cc1NC(=O)[C@@H]1CSCCC(=O)N1. The summed E-state index contributed by atoms with van der Waals surface area (Å²) in [5.74, 6) is 1.66. The van der Waals surface area contributed by atoms with E-state index in [0.717, 1.165) is 11.3 Å². The summed E-state index contributed by atoms with van der Waals surface area (Å²) < 4.78 is 5.23. The van der Waals surface area contributed by atoms with Gasteiger partial charge in [0.05, 0.1) is 12.8 Å². The number of benzene rings is 1. The molecule has 2 rings (SSSR count). The van der Waals surface area contributed by atoms with Crippen LogP contribution in [0.1, 0.15) is 12.0 Å². The molecule has 1 aliphatic heterocycles. The lowest BCUT2D eigenvalue weighted by molar-refractivity contribution is -0.125. The second-order valence-electron chi connectivity index (χ2n) is 4.64. The van der Waals surface area contributed by atoms with Crippen molar-refractivity contribution in [2.24, 2.45) is 0 Å². The van der Waals surface area contributed by atoms with Gasteiger partial charge in [-0.15, -0.1) is 0 Å². The summed E-state index contributed by atoms with van der Waals surface area (Å²) in [7, 11) is 1.56. The number of thioether (sulfide) groups is 1. The zero-order chi connectivity index (χ0) is 14.5. The fourth-order valence-electron chi connectivity index (χ4n) is 1.95. The molecule has 0 saturated carbocycles. The molecule has 1 aliphatic rings. The molecule has 1 fully saturated rings. The fraction of sp³-hybridized carbons (Fsp3) is 0.429. The van der Waals surface area contributed by atoms with Crippen molar-refractivity contribution in [1.29, 1.82) is 0 Å². The number of amides is 2. The number of rotatable bonds is 3. The number of methoxy groups -OCH3 is 1. The van der Waals surface area contributed by atoms with Crippen molar-refractivity contribution < 1.29 is 14.3 Å². The van der Waals surface area contributed by atoms with Gasteiger partial charge in [0.1, 0.15) is 11.8 Å². The first-order valence-corrected chi connectivity index (χ1v) is 7.58. The Morgan fingerprint density at radius 1 is 1.50 bits per heavy atom. The van der Waals surface area contributed by atoms with Crippen LogP contribution in [0.2, 0.25) is 0 Å². The maximum Gasteiger partial charge on any atom is 0.247 e. The van der Waals surface area contributed by atoms with Gasteiger partial charge >= 0.3 is 0 Å². The van der Waals surface area contributed by atoms with Gasteiger partial charge in [-0.25, -0.2) is 0 Å². The molecule has 1 aromatic carbocycles. The summed E-state index contributed by atoms with van der Waals surface area (Å²) in [5.41, 5.74) is 1.65. The molecule has 108 valence electrons. The Hall–Kier alpha value is -1.69. The van der Waals surface area contributed by atoms with Gasteiger partial charge < -0.3 is 15.4 Å². The predicted molar refractivity (Wildman–Crippen MR) is 80.2 cm³/mol. The van der Waals surface area contributed by atoms with Crippen molar-refractivity contribution in [1.82, 2.24) is 5.32 Å². The van der Waals surface area contributed by atoms with Crippen molar-refractivity contribution in [3.05, 3.63) is 23.8 Å². The molecule has 0 aliphatic carbocycles. The Kier molecular flexibility index (Phi) is 4.89. The van der Waals surface area contributed by atoms with Gasteiger partial charge in [-0.2, -0.15) is 11.8 Å². The van der Waals surface area contributed by atoms with Crippen LogP contribution in [0.3, 0.4) is 0 Å². The lowest BCUT2D eigenvalue weighted by Crippen LogP contribution is -2.44. The maximum absolute atomic E-state index is 12.3. The van der Waals surface area contributed by atoms with Crippen LogP contribution in [-0.2, 0) is 9.59 Å². The average Bonchev–Trinajstić information content (AvgIpc) is 2.64. The van der Waals surface area contributed by atoms with Crippen LogP contribution >= 0.6 is 11.8 Å². The largest absolute Gasteiger partial charge is 0.495 e. The van der Waals surface area contributed by atoms with Crippen molar-refractivity contribution in [3.63, 3.8) is 0 Å². The third-order valence-corrected chi connectivity index (χ3v) is 4.08. The molecule has 20 heavy (non-hydrogen) atoms. The summed E-state index contributed by atoms with van der Waals surface area (Å²) in [6.45, 7) is 1.94. The van der Waals surface area contributed by atoms with Crippen LogP contribution in [0.25, 0.3) is 0 Å². The van der Waals surface area contributed by atoms with E-state index in [1.54, 1.807) is 18.9 Å². The van der Waals surface area contributed by atoms with Crippen molar-refractivity contribution >= 4 is 29.3 Å². The number of hydrogen-bond acceptors (Lipinski definition) is 4. The van der Waals surface area contributed by atoms with E-state index in [4.69, 9.17) is 4.74 Å². The minimum absolute atomic E-state index is 0.0774. The number of carbonyl (C=O) groups is 2. The summed E-state index contributed by atoms with van der Waals surface area (Å²) in [6, 6.07) is 5.08. The van der Waals surface area contributed by atoms with Gasteiger partial charge in [-0.3, -0.25) is 9.59 Å². The Labute approximate surface area is 122 Å². The third-order valence-electron chi connectivity index (χ3n) is 3.02. The zero-order valence-electron chi connectivity index (χ0n) is 11.6. The highest BCUT2D eigenvalue weighted by molar-refractivity contribution is 7.99. The number of anilines is 1. The van der Waals surface area contributed by atoms with Gasteiger partial charge in [0.25, 0.3) is 0 Å². The molecule has 0 spiro atoms. The Bertz CT molecular complexity index is 519. The monoisotopic (exact) mass is 294 g/mol. The highest BCUT2D eigenvalue weighted by atomic mass is 32.2. The molecule has 2 amide bonds. The van der Waals surface area contributed by atoms with Crippen LogP contribution in [0.4, 0.5) is 5.69 Å². The van der Waals surface area contributed by atoms with Crippen LogP contribution in [-0.4, -0.2) is 36.5 Å². The molecular weight excluding hydrogens is 276 g/mol. The predicted octanol–water partition coefficient (Wildman–Crippen LogP) is 1.56. The molecule has 0 bridgehead atoms. The summed E-state index contributed by atoms with van der Waals surface area (Å²) in [5, 5.41) is 5.57. The van der Waals surface area contributed by atoms with E-state index in [1.165, 1.54) is 0 Å². The molecule has 2 N–H and O–H groups in total. The van der Waals surface area contributed by atoms with Gasteiger partial charge in [-0.05, 0) is 24.6 Å². The molecule has 1 saturated heterocycles. The normalized spacial score (nSPS) is 18.9. The summed E-state index contributed by atoms with van der Waals surface area (Å²) in [6.07, 6.45) is 0.461. The number of nitrogens with one attached hydrogen (secondary N) is 2. The van der Waals surface area contributed by atoms with Crippen LogP contribution in [0.5, 0.6) is 5.75 Å². The molecule has 0 aromatic heterocycles. The van der Waals surface area contributed by atoms with E-state index in [0.29, 0.717) is 23.6 Å². The number of aryl methyl sites for hydroxylation is 1. The summed E-state index contributed by atoms with van der Waals surface area (Å²) >= 11 is 1.60. The third kappa shape index (κ3) is 3.66. The first-order valence-electron chi connectivity index (χ1n) is 6.43. The van der Waals surface area contributed by atoms with E-state index in [1.807, 2.05) is 25.1 Å². The topological polar surface area (TPSA) is 67.4 Å². The van der Waals surface area contributed by atoms with E-state index in [9.17, 15) is 9.59 Å². The Balaban J connectivity index is 2.10. The molecule has 1 heterocycles. The molecule has 0 unspecified atom stereocenters. The summed E-state index contributed by atoms with van der Waals surface area (Å²) in [4.78, 5) is 23.7. The van der Waals surface area contributed by atoms with Gasteiger partial charge in [-0.1, -0.05) is 6.07 Å². The van der Waals surface area contributed by atoms with Crippen molar-refractivity contribution in [2.45, 2.75) is 19.4 Å². The van der Waals surface area contributed by atoms with E-state index in [-0.39, 0.29) is 11.8 Å². The van der Waals surface area contributed by atoms with Crippen molar-refractivity contribution in [2.75, 3.05) is 23.9 Å². The Morgan fingerprint density at radius 2 is 2.30 bits per heavy atom. The second-order valence-corrected chi connectivity index (χ2v) is 5.79. The number of hydrogen-bond donors (Lipinski definition) is 2. The standard InChI is InChI=1S/C14H18N2O3S/c1-9-3-4-12(19-2)10(7-9)16-14(18)11-8-20-6-5-13(17)15-11/h3-4,7,11H,5-6,8H2,1-2H3,(H,15,17)(H,16,18)/t11-/m0/s1. The average molecular weight is 294 g/mol. The van der Waals surface area contributed by atoms with Gasteiger partial charge in [0.2, 0.25) is 11.8 Å². The number of ether oxygens (including phenoxy) is 1. The quantitative estimate of drug-likeness (QED) is 0.888. The molecule has 0 radical (unpaired) electrons. The van der Waals surface area contributed by atoms with Crippen LogP contribution in [0, 0.1) is 6.92 Å². The van der Waals surface area contributed by atoms with E-state index < -0.39 is 6.04 Å². The van der Waals surface area contributed by atoms with Crippen LogP contribution < -0.4 is 15.4 Å².